The Morgan fingerprint density at radius 1 is 1.10 bits per heavy atom. The van der Waals surface area contributed by atoms with Crippen molar-refractivity contribution in [2.75, 3.05) is 26.3 Å². The maximum atomic E-state index is 12.5. The number of esters is 1. The molecule has 1 aromatic heterocycles. The van der Waals surface area contributed by atoms with Crippen molar-refractivity contribution in [1.82, 2.24) is 10.2 Å². The van der Waals surface area contributed by atoms with Crippen LogP contribution in [-0.2, 0) is 14.3 Å². The predicted octanol–water partition coefficient (Wildman–Crippen LogP) is 3.62. The molecule has 0 aliphatic carbocycles. The molecule has 1 N–H and O–H groups in total. The molecule has 7 nitrogen and oxygen atoms in total. The first-order valence-electron chi connectivity index (χ1n) is 10.0. The van der Waals surface area contributed by atoms with Gasteiger partial charge in [0.25, 0.3) is 5.91 Å². The van der Waals surface area contributed by atoms with Gasteiger partial charge in [0.05, 0.1) is 6.61 Å². The summed E-state index contributed by atoms with van der Waals surface area (Å²) >= 11 is 1.30. The van der Waals surface area contributed by atoms with Gasteiger partial charge in [-0.25, -0.2) is 9.59 Å². The zero-order chi connectivity index (χ0) is 21.5. The van der Waals surface area contributed by atoms with Crippen molar-refractivity contribution in [3.8, 4) is 11.1 Å². The molecule has 2 aromatic rings. The van der Waals surface area contributed by atoms with Crippen molar-refractivity contribution in [2.24, 2.45) is 0 Å². The van der Waals surface area contributed by atoms with Gasteiger partial charge in [-0.1, -0.05) is 29.8 Å². The number of rotatable bonds is 6. The minimum atomic E-state index is -0.507. The molecule has 1 saturated heterocycles. The minimum absolute atomic E-state index is 0.0493. The summed E-state index contributed by atoms with van der Waals surface area (Å²) in [6.07, 6.45) is 0.957. The van der Waals surface area contributed by atoms with Crippen LogP contribution in [0.1, 0.15) is 35.0 Å². The van der Waals surface area contributed by atoms with E-state index in [9.17, 15) is 14.4 Å². The Morgan fingerprint density at radius 3 is 2.47 bits per heavy atom. The number of piperidine rings is 1. The van der Waals surface area contributed by atoms with Crippen molar-refractivity contribution >= 4 is 29.3 Å². The summed E-state index contributed by atoms with van der Waals surface area (Å²) in [6.45, 7) is 4.84. The lowest BCUT2D eigenvalue weighted by Crippen LogP contribution is -2.47. The number of carbonyl (C=O) groups excluding carboxylic acids is 3. The molecule has 0 radical (unpaired) electrons. The fourth-order valence-corrected chi connectivity index (χ4v) is 4.12. The van der Waals surface area contributed by atoms with Gasteiger partial charge < -0.3 is 19.7 Å². The molecular weight excluding hydrogens is 404 g/mol. The molecule has 30 heavy (non-hydrogen) atoms. The molecular formula is C22H26N2O5S. The molecule has 0 unspecified atom stereocenters. The van der Waals surface area contributed by atoms with E-state index in [1.807, 2.05) is 42.6 Å². The number of nitrogens with zero attached hydrogens (tertiary/aromatic N) is 1. The third kappa shape index (κ3) is 5.60. The molecule has 0 atom stereocenters. The summed E-state index contributed by atoms with van der Waals surface area (Å²) in [5, 5.41) is 4.71. The van der Waals surface area contributed by atoms with Gasteiger partial charge in [-0.05, 0) is 43.7 Å². The third-order valence-corrected chi connectivity index (χ3v) is 5.83. The quantitative estimate of drug-likeness (QED) is 0.708. The van der Waals surface area contributed by atoms with Crippen LogP contribution in [0.2, 0.25) is 0 Å². The average Bonchev–Trinajstić information content (AvgIpc) is 3.23. The summed E-state index contributed by atoms with van der Waals surface area (Å²) in [5.74, 6) is -0.848. The molecule has 0 bridgehead atoms. The van der Waals surface area contributed by atoms with E-state index < -0.39 is 5.97 Å². The van der Waals surface area contributed by atoms with E-state index in [-0.39, 0.29) is 24.6 Å². The second-order valence-electron chi connectivity index (χ2n) is 7.13. The van der Waals surface area contributed by atoms with E-state index in [4.69, 9.17) is 9.47 Å². The number of hydrogen-bond acceptors (Lipinski definition) is 6. The molecule has 8 heteroatoms. The van der Waals surface area contributed by atoms with Crippen molar-refractivity contribution in [3.63, 3.8) is 0 Å². The Balaban J connectivity index is 1.47. The van der Waals surface area contributed by atoms with Crippen LogP contribution in [0.25, 0.3) is 11.1 Å². The molecule has 0 spiro atoms. The van der Waals surface area contributed by atoms with Crippen molar-refractivity contribution in [1.29, 1.82) is 0 Å². The Morgan fingerprint density at radius 2 is 1.80 bits per heavy atom. The molecule has 0 saturated carbocycles. The molecule has 160 valence electrons. The van der Waals surface area contributed by atoms with Crippen LogP contribution >= 0.6 is 11.3 Å². The first-order valence-corrected chi connectivity index (χ1v) is 10.9. The van der Waals surface area contributed by atoms with Gasteiger partial charge in [-0.15, -0.1) is 11.3 Å². The van der Waals surface area contributed by atoms with Gasteiger partial charge in [0, 0.05) is 24.7 Å². The second-order valence-corrected chi connectivity index (χ2v) is 8.05. The van der Waals surface area contributed by atoms with Crippen LogP contribution in [0.15, 0.2) is 35.7 Å². The highest BCUT2D eigenvalue weighted by Crippen LogP contribution is 2.29. The Hall–Kier alpha value is -2.87. The van der Waals surface area contributed by atoms with Gasteiger partial charge in [0.1, 0.15) is 4.88 Å². The number of hydrogen-bond donors (Lipinski definition) is 1. The van der Waals surface area contributed by atoms with Crippen LogP contribution < -0.4 is 5.32 Å². The van der Waals surface area contributed by atoms with E-state index in [1.54, 1.807) is 11.8 Å². The standard InChI is InChI=1S/C22H26N2O5S/c1-3-28-22(27)24-11-8-17(9-12-24)23-19(25)14-29-21(26)20-18(10-13-30-20)16-6-4-15(2)5-7-16/h4-7,10,13,17H,3,8-9,11-12,14H2,1-2H3,(H,23,25). The predicted molar refractivity (Wildman–Crippen MR) is 115 cm³/mol. The van der Waals surface area contributed by atoms with Crippen LogP contribution in [0.5, 0.6) is 0 Å². The Bertz CT molecular complexity index is 885. The normalized spacial score (nSPS) is 14.3. The van der Waals surface area contributed by atoms with Crippen LogP contribution in [0.4, 0.5) is 4.79 Å². The number of thiophene rings is 1. The average molecular weight is 431 g/mol. The van der Waals surface area contributed by atoms with E-state index in [0.717, 1.165) is 16.7 Å². The Labute approximate surface area is 180 Å². The van der Waals surface area contributed by atoms with Gasteiger partial charge in [-0.3, -0.25) is 4.79 Å². The van der Waals surface area contributed by atoms with Crippen LogP contribution in [-0.4, -0.2) is 55.2 Å². The number of benzene rings is 1. The number of carbonyl (C=O) groups is 3. The molecule has 1 fully saturated rings. The highest BCUT2D eigenvalue weighted by molar-refractivity contribution is 7.12. The summed E-state index contributed by atoms with van der Waals surface area (Å²) in [4.78, 5) is 38.5. The number of nitrogens with one attached hydrogen (secondary N) is 1. The van der Waals surface area contributed by atoms with Crippen LogP contribution in [0, 0.1) is 6.92 Å². The maximum absolute atomic E-state index is 12.5. The number of ether oxygens (including phenoxy) is 2. The minimum Gasteiger partial charge on any atom is -0.451 e. The lowest BCUT2D eigenvalue weighted by Gasteiger charge is -2.31. The molecule has 2 heterocycles. The summed E-state index contributed by atoms with van der Waals surface area (Å²) in [7, 11) is 0. The number of aryl methyl sites for hydroxylation is 1. The summed E-state index contributed by atoms with van der Waals surface area (Å²) in [6, 6.07) is 9.73. The van der Waals surface area contributed by atoms with E-state index in [0.29, 0.717) is 37.4 Å². The summed E-state index contributed by atoms with van der Waals surface area (Å²) in [5.41, 5.74) is 2.88. The lowest BCUT2D eigenvalue weighted by atomic mass is 10.1. The van der Waals surface area contributed by atoms with E-state index in [2.05, 4.69) is 5.32 Å². The smallest absolute Gasteiger partial charge is 0.409 e. The fourth-order valence-electron chi connectivity index (χ4n) is 3.31. The van der Waals surface area contributed by atoms with Gasteiger partial charge in [0.15, 0.2) is 6.61 Å². The SMILES string of the molecule is CCOC(=O)N1CCC(NC(=O)COC(=O)c2sccc2-c2ccc(C)cc2)CC1. The van der Waals surface area contributed by atoms with Gasteiger partial charge in [-0.2, -0.15) is 0 Å². The largest absolute Gasteiger partial charge is 0.451 e. The third-order valence-electron chi connectivity index (χ3n) is 4.93. The van der Waals surface area contributed by atoms with Gasteiger partial charge in [0.2, 0.25) is 0 Å². The van der Waals surface area contributed by atoms with E-state index >= 15 is 0 Å². The van der Waals surface area contributed by atoms with Crippen molar-refractivity contribution in [3.05, 3.63) is 46.2 Å². The first-order chi connectivity index (χ1) is 14.5. The van der Waals surface area contributed by atoms with E-state index in [1.165, 1.54) is 11.3 Å². The number of likely N-dealkylation sites (tertiary alicyclic amines) is 1. The molecule has 1 aliphatic heterocycles. The highest BCUT2D eigenvalue weighted by Gasteiger charge is 2.25. The van der Waals surface area contributed by atoms with Crippen molar-refractivity contribution < 1.29 is 23.9 Å². The maximum Gasteiger partial charge on any atom is 0.409 e. The molecule has 3 rings (SSSR count). The summed E-state index contributed by atoms with van der Waals surface area (Å²) < 4.78 is 10.2. The topological polar surface area (TPSA) is 84.9 Å². The highest BCUT2D eigenvalue weighted by atomic mass is 32.1. The molecule has 1 aromatic carbocycles. The Kier molecular flexibility index (Phi) is 7.46. The monoisotopic (exact) mass is 430 g/mol. The van der Waals surface area contributed by atoms with Crippen molar-refractivity contribution in [2.45, 2.75) is 32.7 Å². The lowest BCUT2D eigenvalue weighted by molar-refractivity contribution is -0.125. The van der Waals surface area contributed by atoms with Crippen LogP contribution in [0.3, 0.4) is 0 Å². The molecule has 1 aliphatic rings. The first kappa shape index (κ1) is 21.8. The second kappa shape index (κ2) is 10.2. The molecule has 2 amide bonds. The fraction of sp³-hybridized carbons (Fsp3) is 0.409. The zero-order valence-electron chi connectivity index (χ0n) is 17.2. The zero-order valence-corrected chi connectivity index (χ0v) is 18.0. The number of amides is 2. The van der Waals surface area contributed by atoms with Gasteiger partial charge >= 0.3 is 12.1 Å².